The Morgan fingerprint density at radius 2 is 1.97 bits per heavy atom. The van der Waals surface area contributed by atoms with E-state index < -0.39 is 22.1 Å². The van der Waals surface area contributed by atoms with E-state index in [0.29, 0.717) is 43.6 Å². The highest BCUT2D eigenvalue weighted by molar-refractivity contribution is 7.90. The fourth-order valence-electron chi connectivity index (χ4n) is 5.02. The monoisotopic (exact) mass is 532 g/mol. The van der Waals surface area contributed by atoms with Gasteiger partial charge in [-0.25, -0.2) is 22.8 Å². The summed E-state index contributed by atoms with van der Waals surface area (Å²) in [6, 6.07) is 3.80. The number of methoxy groups -OCH3 is 1. The summed E-state index contributed by atoms with van der Waals surface area (Å²) in [5, 5.41) is 8.99. The third kappa shape index (κ3) is 5.47. The van der Waals surface area contributed by atoms with E-state index in [-0.39, 0.29) is 24.3 Å². The lowest BCUT2D eigenvalue weighted by Crippen LogP contribution is -2.49. The van der Waals surface area contributed by atoms with Crippen LogP contribution in [0.5, 0.6) is 0 Å². The largest absolute Gasteiger partial charge is 0.378 e. The third-order valence-corrected chi connectivity index (χ3v) is 7.90. The van der Waals surface area contributed by atoms with Crippen LogP contribution in [0.3, 0.4) is 0 Å². The normalized spacial score (nSPS) is 21.0. The summed E-state index contributed by atoms with van der Waals surface area (Å²) in [6.07, 6.45) is 3.79. The van der Waals surface area contributed by atoms with Crippen molar-refractivity contribution < 1.29 is 17.5 Å². The van der Waals surface area contributed by atoms with Gasteiger partial charge in [0.25, 0.3) is 0 Å². The molecule has 0 amide bonds. The molecule has 2 aliphatic heterocycles. The third-order valence-electron chi connectivity index (χ3n) is 6.82. The van der Waals surface area contributed by atoms with Gasteiger partial charge in [0.1, 0.15) is 27.6 Å². The van der Waals surface area contributed by atoms with Crippen LogP contribution in [0.2, 0.25) is 0 Å². The number of alkyl halides is 1. The van der Waals surface area contributed by atoms with Crippen molar-refractivity contribution in [3.8, 4) is 0 Å². The maximum Gasteiger partial charge on any atom is 0.227 e. The fraction of sp³-hybridized carbons (Fsp3) is 0.583. The van der Waals surface area contributed by atoms with E-state index in [4.69, 9.17) is 9.84 Å². The molecule has 0 bridgehead atoms. The molecule has 2 atom stereocenters. The molecule has 37 heavy (non-hydrogen) atoms. The number of sulfone groups is 1. The van der Waals surface area contributed by atoms with Gasteiger partial charge in [0, 0.05) is 63.4 Å². The van der Waals surface area contributed by atoms with Crippen LogP contribution in [0.4, 0.5) is 27.8 Å². The van der Waals surface area contributed by atoms with Crippen LogP contribution in [0.15, 0.2) is 24.5 Å². The molecule has 2 aliphatic rings. The molecular formula is C24H33FN8O3S. The molecule has 3 aromatic heterocycles. The zero-order chi connectivity index (χ0) is 26.3. The fourth-order valence-corrected chi connectivity index (χ4v) is 6.09. The van der Waals surface area contributed by atoms with E-state index in [2.05, 4.69) is 39.0 Å². The van der Waals surface area contributed by atoms with Crippen molar-refractivity contribution in [2.24, 2.45) is 5.92 Å². The number of hydrogen-bond donors (Lipinski definition) is 1. The van der Waals surface area contributed by atoms with Crippen LogP contribution < -0.4 is 15.1 Å². The summed E-state index contributed by atoms with van der Waals surface area (Å²) in [4.78, 5) is 17.4. The molecule has 5 rings (SSSR count). The smallest absolute Gasteiger partial charge is 0.227 e. The Balaban J connectivity index is 1.35. The van der Waals surface area contributed by atoms with Crippen LogP contribution in [-0.2, 0) is 14.6 Å². The van der Waals surface area contributed by atoms with Gasteiger partial charge < -0.3 is 19.9 Å². The van der Waals surface area contributed by atoms with E-state index in [1.165, 1.54) is 13.4 Å². The first-order valence-electron chi connectivity index (χ1n) is 12.4. The highest BCUT2D eigenvalue weighted by Gasteiger charge is 2.33. The molecule has 5 heterocycles. The van der Waals surface area contributed by atoms with E-state index in [1.54, 1.807) is 18.5 Å². The number of nitrogens with one attached hydrogen (secondary N) is 1. The van der Waals surface area contributed by atoms with Gasteiger partial charge in [0.15, 0.2) is 5.82 Å². The molecule has 2 fully saturated rings. The van der Waals surface area contributed by atoms with Crippen molar-refractivity contribution in [1.29, 1.82) is 0 Å². The molecule has 0 unspecified atom stereocenters. The highest BCUT2D eigenvalue weighted by atomic mass is 32.2. The van der Waals surface area contributed by atoms with Crippen molar-refractivity contribution in [1.82, 2.24) is 24.7 Å². The molecule has 0 spiro atoms. The minimum absolute atomic E-state index is 0.114. The number of ether oxygens (including phenoxy) is 1. The molecular weight excluding hydrogens is 499 g/mol. The van der Waals surface area contributed by atoms with Gasteiger partial charge in [-0.3, -0.25) is 4.68 Å². The summed E-state index contributed by atoms with van der Waals surface area (Å²) in [7, 11) is -1.47. The Kier molecular flexibility index (Phi) is 6.92. The molecule has 0 aromatic carbocycles. The minimum atomic E-state index is -3.00. The maximum absolute atomic E-state index is 14.4. The summed E-state index contributed by atoms with van der Waals surface area (Å²) in [6.45, 7) is 6.24. The molecule has 2 saturated heterocycles. The lowest BCUT2D eigenvalue weighted by molar-refractivity contribution is 0.0194. The van der Waals surface area contributed by atoms with Crippen LogP contribution in [0.1, 0.15) is 26.3 Å². The number of rotatable bonds is 8. The average Bonchev–Trinajstić information content (AvgIpc) is 3.19. The van der Waals surface area contributed by atoms with Crippen molar-refractivity contribution in [2.45, 2.75) is 38.6 Å². The van der Waals surface area contributed by atoms with Crippen LogP contribution in [0.25, 0.3) is 10.9 Å². The first-order chi connectivity index (χ1) is 17.6. The highest BCUT2D eigenvalue weighted by Crippen LogP contribution is 2.34. The molecule has 13 heteroatoms. The number of halogens is 1. The Morgan fingerprint density at radius 1 is 1.19 bits per heavy atom. The molecule has 0 saturated carbocycles. The summed E-state index contributed by atoms with van der Waals surface area (Å²) >= 11 is 0. The summed E-state index contributed by atoms with van der Waals surface area (Å²) in [5.74, 6) is 2.74. The number of piperidine rings is 1. The maximum atomic E-state index is 14.4. The van der Waals surface area contributed by atoms with Gasteiger partial charge in [-0.2, -0.15) is 10.1 Å². The zero-order valence-corrected chi connectivity index (χ0v) is 22.3. The lowest BCUT2D eigenvalue weighted by atomic mass is 10.0. The molecule has 0 radical (unpaired) electrons. The number of nitrogens with zero attached hydrogens (tertiary/aromatic N) is 7. The first kappa shape index (κ1) is 25.6. The van der Waals surface area contributed by atoms with E-state index >= 15 is 0 Å². The van der Waals surface area contributed by atoms with Crippen molar-refractivity contribution in [3.05, 3.63) is 24.5 Å². The second-order valence-corrected chi connectivity index (χ2v) is 12.4. The SMILES string of the molecule is CO[C@H]1CCN(c2nccc(Nc3cc4c(cn3)c(N3CC(CS(C)(=O)=O)C3)nn4C(C)C)n2)C[C@H]1F. The van der Waals surface area contributed by atoms with Gasteiger partial charge in [0.2, 0.25) is 5.95 Å². The zero-order valence-electron chi connectivity index (χ0n) is 21.5. The van der Waals surface area contributed by atoms with Gasteiger partial charge in [0.05, 0.1) is 29.3 Å². The molecule has 3 aromatic rings. The van der Waals surface area contributed by atoms with Crippen molar-refractivity contribution >= 4 is 44.1 Å². The van der Waals surface area contributed by atoms with Crippen molar-refractivity contribution in [2.75, 3.05) is 60.4 Å². The summed E-state index contributed by atoms with van der Waals surface area (Å²) in [5.41, 5.74) is 0.922. The molecule has 200 valence electrons. The second-order valence-electron chi connectivity index (χ2n) is 10.2. The number of fused-ring (bicyclic) bond motifs is 1. The Labute approximate surface area is 216 Å². The minimum Gasteiger partial charge on any atom is -0.378 e. The molecule has 1 N–H and O–H groups in total. The van der Waals surface area contributed by atoms with Crippen molar-refractivity contribution in [3.63, 3.8) is 0 Å². The standard InChI is InChI=1S/C24H33FN8O3S/c1-15(2)33-19-9-22(27-10-17(19)23(30-33)32-11-16(12-32)14-37(4,34)35)28-21-5-7-26-24(29-21)31-8-6-20(36-3)18(25)13-31/h5,7,9-10,15-16,18,20H,6,8,11-14H2,1-4H3,(H,26,27,28,29)/t18-,20+/m1/s1. The number of aromatic nitrogens is 5. The van der Waals surface area contributed by atoms with E-state index in [9.17, 15) is 12.8 Å². The number of pyridine rings is 1. The Hall–Kier alpha value is -3.06. The topological polar surface area (TPSA) is 118 Å². The predicted octanol–water partition coefficient (Wildman–Crippen LogP) is 2.59. The second kappa shape index (κ2) is 10.0. The summed E-state index contributed by atoms with van der Waals surface area (Å²) < 4.78 is 44.8. The molecule has 0 aliphatic carbocycles. The molecule has 11 nitrogen and oxygen atoms in total. The van der Waals surface area contributed by atoms with Crippen LogP contribution >= 0.6 is 0 Å². The van der Waals surface area contributed by atoms with Gasteiger partial charge in [-0.15, -0.1) is 0 Å². The number of anilines is 4. The Bertz CT molecular complexity index is 1380. The van der Waals surface area contributed by atoms with Gasteiger partial charge in [-0.1, -0.05) is 0 Å². The lowest BCUT2D eigenvalue weighted by Gasteiger charge is -2.39. The van der Waals surface area contributed by atoms with E-state index in [0.717, 1.165) is 16.7 Å². The van der Waals surface area contributed by atoms with Crippen LogP contribution in [-0.4, -0.2) is 90.7 Å². The first-order valence-corrected chi connectivity index (χ1v) is 14.5. The van der Waals surface area contributed by atoms with Gasteiger partial charge in [-0.05, 0) is 26.3 Å². The predicted molar refractivity (Wildman–Crippen MR) is 141 cm³/mol. The number of hydrogen-bond acceptors (Lipinski definition) is 10. The Morgan fingerprint density at radius 3 is 2.65 bits per heavy atom. The van der Waals surface area contributed by atoms with Crippen LogP contribution in [0, 0.1) is 5.92 Å². The van der Waals surface area contributed by atoms with Gasteiger partial charge >= 0.3 is 0 Å². The average molecular weight is 533 g/mol. The van der Waals surface area contributed by atoms with E-state index in [1.807, 2.05) is 15.6 Å². The quantitative estimate of drug-likeness (QED) is 0.464.